The SMILES string of the molecule is CCC1(C(C)(C)C(=O)O)COC1. The van der Waals surface area contributed by atoms with Gasteiger partial charge in [-0.15, -0.1) is 0 Å². The van der Waals surface area contributed by atoms with E-state index in [-0.39, 0.29) is 5.41 Å². The standard InChI is InChI=1S/C9H16O3/c1-4-9(5-12-6-9)8(2,3)7(10)11/h4-6H2,1-3H3,(H,10,11). The molecule has 0 amide bonds. The quantitative estimate of drug-likeness (QED) is 0.702. The Morgan fingerprint density at radius 2 is 2.08 bits per heavy atom. The van der Waals surface area contributed by atoms with Gasteiger partial charge in [-0.3, -0.25) is 4.79 Å². The molecule has 70 valence electrons. The summed E-state index contributed by atoms with van der Waals surface area (Å²) < 4.78 is 5.10. The minimum absolute atomic E-state index is 0.140. The van der Waals surface area contributed by atoms with E-state index in [1.807, 2.05) is 6.92 Å². The molecular weight excluding hydrogens is 156 g/mol. The number of rotatable bonds is 3. The number of carboxylic acids is 1. The molecule has 1 fully saturated rings. The summed E-state index contributed by atoms with van der Waals surface area (Å²) in [6.07, 6.45) is 0.867. The van der Waals surface area contributed by atoms with E-state index in [0.29, 0.717) is 13.2 Å². The van der Waals surface area contributed by atoms with Gasteiger partial charge in [-0.2, -0.15) is 0 Å². The predicted octanol–water partition coefficient (Wildman–Crippen LogP) is 1.52. The summed E-state index contributed by atoms with van der Waals surface area (Å²) in [5.41, 5.74) is -0.807. The van der Waals surface area contributed by atoms with Crippen molar-refractivity contribution in [2.45, 2.75) is 27.2 Å². The average Bonchev–Trinajstić information content (AvgIpc) is 1.85. The highest BCUT2D eigenvalue weighted by atomic mass is 16.5. The minimum Gasteiger partial charge on any atom is -0.481 e. The van der Waals surface area contributed by atoms with Crippen LogP contribution in [0.5, 0.6) is 0 Å². The molecule has 0 aromatic heterocycles. The van der Waals surface area contributed by atoms with Crippen molar-refractivity contribution in [2.24, 2.45) is 10.8 Å². The van der Waals surface area contributed by atoms with Crippen molar-refractivity contribution in [3.05, 3.63) is 0 Å². The third-order valence-electron chi connectivity index (χ3n) is 3.29. The summed E-state index contributed by atoms with van der Waals surface area (Å²) in [6, 6.07) is 0. The molecule has 0 aromatic rings. The number of ether oxygens (including phenoxy) is 1. The van der Waals surface area contributed by atoms with Gasteiger partial charge in [0.2, 0.25) is 0 Å². The van der Waals surface area contributed by atoms with Gasteiger partial charge in [0.25, 0.3) is 0 Å². The Bertz CT molecular complexity index is 186. The number of carboxylic acid groups (broad SMARTS) is 1. The Balaban J connectivity index is 2.84. The molecule has 1 rings (SSSR count). The van der Waals surface area contributed by atoms with Crippen molar-refractivity contribution in [1.29, 1.82) is 0 Å². The predicted molar refractivity (Wildman–Crippen MR) is 45.0 cm³/mol. The molecule has 1 aliphatic rings. The number of hydrogen-bond acceptors (Lipinski definition) is 2. The van der Waals surface area contributed by atoms with Crippen molar-refractivity contribution in [3.63, 3.8) is 0 Å². The van der Waals surface area contributed by atoms with Gasteiger partial charge >= 0.3 is 5.97 Å². The smallest absolute Gasteiger partial charge is 0.309 e. The van der Waals surface area contributed by atoms with Crippen LogP contribution in [-0.2, 0) is 9.53 Å². The second-order valence-electron chi connectivity index (χ2n) is 4.06. The third kappa shape index (κ3) is 1.04. The molecule has 0 radical (unpaired) electrons. The zero-order valence-electron chi connectivity index (χ0n) is 7.89. The zero-order chi connectivity index (χ0) is 9.41. The normalized spacial score (nSPS) is 21.6. The van der Waals surface area contributed by atoms with E-state index in [9.17, 15) is 4.79 Å². The molecular formula is C9H16O3. The van der Waals surface area contributed by atoms with Crippen LogP contribution >= 0.6 is 0 Å². The van der Waals surface area contributed by atoms with Crippen molar-refractivity contribution in [2.75, 3.05) is 13.2 Å². The topological polar surface area (TPSA) is 46.5 Å². The van der Waals surface area contributed by atoms with Crippen molar-refractivity contribution in [3.8, 4) is 0 Å². The molecule has 1 N–H and O–H groups in total. The molecule has 0 bridgehead atoms. The molecule has 1 saturated heterocycles. The highest BCUT2D eigenvalue weighted by molar-refractivity contribution is 5.75. The average molecular weight is 172 g/mol. The Morgan fingerprint density at radius 3 is 2.17 bits per heavy atom. The number of aliphatic carboxylic acids is 1. The highest BCUT2D eigenvalue weighted by Crippen LogP contribution is 2.47. The summed E-state index contributed by atoms with van der Waals surface area (Å²) in [4.78, 5) is 11.0. The fourth-order valence-electron chi connectivity index (χ4n) is 1.58. The molecule has 0 aliphatic carbocycles. The van der Waals surface area contributed by atoms with Gasteiger partial charge in [0, 0.05) is 5.41 Å². The van der Waals surface area contributed by atoms with Gasteiger partial charge in [-0.05, 0) is 20.3 Å². The van der Waals surface area contributed by atoms with Crippen molar-refractivity contribution >= 4 is 5.97 Å². The van der Waals surface area contributed by atoms with E-state index in [2.05, 4.69) is 0 Å². The zero-order valence-corrected chi connectivity index (χ0v) is 7.89. The van der Waals surface area contributed by atoms with Gasteiger partial charge in [0.15, 0.2) is 0 Å². The van der Waals surface area contributed by atoms with Crippen LogP contribution in [0.15, 0.2) is 0 Å². The lowest BCUT2D eigenvalue weighted by Crippen LogP contribution is -2.55. The second-order valence-corrected chi connectivity index (χ2v) is 4.06. The summed E-state index contributed by atoms with van der Waals surface area (Å²) in [6.45, 7) is 6.75. The second kappa shape index (κ2) is 2.73. The molecule has 0 aromatic carbocycles. The van der Waals surface area contributed by atoms with Gasteiger partial charge in [0.05, 0.1) is 18.6 Å². The Kier molecular flexibility index (Phi) is 2.17. The Hall–Kier alpha value is -0.570. The molecule has 1 heterocycles. The van der Waals surface area contributed by atoms with E-state index < -0.39 is 11.4 Å². The van der Waals surface area contributed by atoms with Gasteiger partial charge in [0.1, 0.15) is 0 Å². The summed E-state index contributed by atoms with van der Waals surface area (Å²) in [5.74, 6) is -0.729. The highest BCUT2D eigenvalue weighted by Gasteiger charge is 2.53. The van der Waals surface area contributed by atoms with Crippen LogP contribution in [0.2, 0.25) is 0 Å². The van der Waals surface area contributed by atoms with Crippen LogP contribution < -0.4 is 0 Å². The minimum atomic E-state index is -0.729. The van der Waals surface area contributed by atoms with Gasteiger partial charge < -0.3 is 9.84 Å². The van der Waals surface area contributed by atoms with E-state index in [4.69, 9.17) is 9.84 Å². The Morgan fingerprint density at radius 1 is 1.58 bits per heavy atom. The van der Waals surface area contributed by atoms with Crippen molar-refractivity contribution < 1.29 is 14.6 Å². The monoisotopic (exact) mass is 172 g/mol. The first-order chi connectivity index (χ1) is 5.46. The number of carbonyl (C=O) groups is 1. The Labute approximate surface area is 72.7 Å². The first-order valence-electron chi connectivity index (χ1n) is 4.27. The summed E-state index contributed by atoms with van der Waals surface area (Å²) in [7, 11) is 0. The fourth-order valence-corrected chi connectivity index (χ4v) is 1.58. The van der Waals surface area contributed by atoms with Crippen molar-refractivity contribution in [1.82, 2.24) is 0 Å². The van der Waals surface area contributed by atoms with E-state index in [0.717, 1.165) is 6.42 Å². The molecule has 0 unspecified atom stereocenters. The molecule has 3 nitrogen and oxygen atoms in total. The van der Waals surface area contributed by atoms with Crippen LogP contribution in [0.4, 0.5) is 0 Å². The van der Waals surface area contributed by atoms with Crippen LogP contribution in [0, 0.1) is 10.8 Å². The first kappa shape index (κ1) is 9.52. The van der Waals surface area contributed by atoms with E-state index >= 15 is 0 Å². The molecule has 0 atom stereocenters. The van der Waals surface area contributed by atoms with Crippen LogP contribution in [0.3, 0.4) is 0 Å². The molecule has 0 saturated carbocycles. The van der Waals surface area contributed by atoms with Crippen LogP contribution in [-0.4, -0.2) is 24.3 Å². The fraction of sp³-hybridized carbons (Fsp3) is 0.889. The van der Waals surface area contributed by atoms with Gasteiger partial charge in [-0.25, -0.2) is 0 Å². The van der Waals surface area contributed by atoms with Crippen LogP contribution in [0.1, 0.15) is 27.2 Å². The first-order valence-corrected chi connectivity index (χ1v) is 4.27. The summed E-state index contributed by atoms with van der Waals surface area (Å²) in [5, 5.41) is 9.02. The maximum Gasteiger partial charge on any atom is 0.309 e. The molecule has 0 spiro atoms. The molecule has 3 heteroatoms. The molecule has 12 heavy (non-hydrogen) atoms. The van der Waals surface area contributed by atoms with E-state index in [1.165, 1.54) is 0 Å². The third-order valence-corrected chi connectivity index (χ3v) is 3.29. The lowest BCUT2D eigenvalue weighted by molar-refractivity contribution is -0.197. The lowest BCUT2D eigenvalue weighted by atomic mass is 9.62. The maximum absolute atomic E-state index is 11.0. The lowest BCUT2D eigenvalue weighted by Gasteiger charge is -2.49. The largest absolute Gasteiger partial charge is 0.481 e. The summed E-state index contributed by atoms with van der Waals surface area (Å²) >= 11 is 0. The van der Waals surface area contributed by atoms with Crippen LogP contribution in [0.25, 0.3) is 0 Å². The van der Waals surface area contributed by atoms with E-state index in [1.54, 1.807) is 13.8 Å². The number of hydrogen-bond donors (Lipinski definition) is 1. The molecule has 1 aliphatic heterocycles. The van der Waals surface area contributed by atoms with Gasteiger partial charge in [-0.1, -0.05) is 6.92 Å². The maximum atomic E-state index is 11.0.